The third kappa shape index (κ3) is 4.50. The van der Waals surface area contributed by atoms with Gasteiger partial charge in [0.25, 0.3) is 0 Å². The first kappa shape index (κ1) is 17.4. The van der Waals surface area contributed by atoms with Crippen LogP contribution in [0.3, 0.4) is 0 Å². The van der Waals surface area contributed by atoms with E-state index in [1.54, 1.807) is 18.4 Å². The van der Waals surface area contributed by atoms with Crippen molar-refractivity contribution >= 4 is 34.0 Å². The number of carbonyl (C=O) groups is 1. The molecule has 3 nitrogen and oxygen atoms in total. The second kappa shape index (κ2) is 7.06. The minimum atomic E-state index is -4.42. The molecule has 1 N–H and O–H groups in total. The summed E-state index contributed by atoms with van der Waals surface area (Å²) in [5, 5.41) is 13.0. The van der Waals surface area contributed by atoms with Crippen molar-refractivity contribution in [2.24, 2.45) is 0 Å². The van der Waals surface area contributed by atoms with E-state index in [2.05, 4.69) is 5.32 Å². The van der Waals surface area contributed by atoms with Gasteiger partial charge in [0, 0.05) is 4.90 Å². The van der Waals surface area contributed by atoms with Crippen LogP contribution in [0.1, 0.15) is 18.1 Å². The van der Waals surface area contributed by atoms with E-state index in [1.807, 2.05) is 6.07 Å². The van der Waals surface area contributed by atoms with Crippen molar-refractivity contribution in [1.29, 1.82) is 5.26 Å². The Bertz CT molecular complexity index is 750. The molecule has 8 heteroatoms. The van der Waals surface area contributed by atoms with Crippen LogP contribution in [-0.4, -0.2) is 11.2 Å². The average Bonchev–Trinajstić information content (AvgIpc) is 2.93. The molecule has 1 heterocycles. The van der Waals surface area contributed by atoms with Gasteiger partial charge in [-0.25, -0.2) is 0 Å². The van der Waals surface area contributed by atoms with Gasteiger partial charge < -0.3 is 5.32 Å². The molecule has 0 aliphatic rings. The fourth-order valence-corrected chi connectivity index (χ4v) is 3.38. The molecule has 23 heavy (non-hydrogen) atoms. The highest BCUT2D eigenvalue weighted by atomic mass is 32.2. The lowest BCUT2D eigenvalue weighted by molar-refractivity contribution is -0.137. The second-order valence-electron chi connectivity index (χ2n) is 4.55. The molecule has 0 saturated heterocycles. The van der Waals surface area contributed by atoms with Gasteiger partial charge in [-0.05, 0) is 36.6 Å². The molecule has 0 bridgehead atoms. The van der Waals surface area contributed by atoms with Gasteiger partial charge >= 0.3 is 6.18 Å². The van der Waals surface area contributed by atoms with Gasteiger partial charge in [0.2, 0.25) is 5.91 Å². The largest absolute Gasteiger partial charge is 0.416 e. The van der Waals surface area contributed by atoms with E-state index in [1.165, 1.54) is 23.5 Å². The molecule has 1 amide bonds. The lowest BCUT2D eigenvalue weighted by atomic mass is 10.2. The SMILES string of the molecule is C[C@H](Sc1cccc(C(F)(F)F)c1)C(=O)Nc1sccc1C#N. The maximum atomic E-state index is 12.7. The number of hydrogen-bond acceptors (Lipinski definition) is 4. The molecular formula is C15H11F3N2OS2. The number of thiophene rings is 1. The zero-order chi connectivity index (χ0) is 17.0. The molecule has 2 rings (SSSR count). The third-order valence-electron chi connectivity index (χ3n) is 2.87. The summed E-state index contributed by atoms with van der Waals surface area (Å²) in [6.45, 7) is 1.60. The molecule has 120 valence electrons. The van der Waals surface area contributed by atoms with Crippen molar-refractivity contribution in [3.63, 3.8) is 0 Å². The summed E-state index contributed by atoms with van der Waals surface area (Å²) in [6.07, 6.45) is -4.42. The number of nitriles is 1. The Morgan fingerprint density at radius 1 is 1.39 bits per heavy atom. The van der Waals surface area contributed by atoms with E-state index < -0.39 is 17.0 Å². The van der Waals surface area contributed by atoms with Crippen molar-refractivity contribution in [1.82, 2.24) is 0 Å². The Morgan fingerprint density at radius 3 is 2.78 bits per heavy atom. The standard InChI is InChI=1S/C15H11F3N2OS2/c1-9(13(21)20-14-10(8-19)5-6-22-14)23-12-4-2-3-11(7-12)15(16,17)18/h2-7,9H,1H3,(H,20,21)/t9-/m0/s1. The molecule has 0 spiro atoms. The van der Waals surface area contributed by atoms with Crippen LogP contribution >= 0.6 is 23.1 Å². The number of carbonyl (C=O) groups excluding carboxylic acids is 1. The Hall–Kier alpha value is -1.98. The first-order valence-electron chi connectivity index (χ1n) is 6.43. The Kier molecular flexibility index (Phi) is 5.34. The van der Waals surface area contributed by atoms with E-state index in [4.69, 9.17) is 5.26 Å². The fourth-order valence-electron chi connectivity index (χ4n) is 1.71. The van der Waals surface area contributed by atoms with Crippen LogP contribution < -0.4 is 5.32 Å². The lowest BCUT2D eigenvalue weighted by Gasteiger charge is -2.13. The van der Waals surface area contributed by atoms with Crippen molar-refractivity contribution in [2.45, 2.75) is 23.2 Å². The number of hydrogen-bond donors (Lipinski definition) is 1. The van der Waals surface area contributed by atoms with Crippen LogP contribution in [0.15, 0.2) is 40.6 Å². The van der Waals surface area contributed by atoms with Crippen LogP contribution in [0.5, 0.6) is 0 Å². The summed E-state index contributed by atoms with van der Waals surface area (Å²) in [5.41, 5.74) is -0.389. The van der Waals surface area contributed by atoms with Gasteiger partial charge in [-0.3, -0.25) is 4.79 Å². The molecule has 2 aromatic rings. The van der Waals surface area contributed by atoms with E-state index in [-0.39, 0.29) is 5.91 Å². The number of halogens is 3. The molecule has 0 unspecified atom stereocenters. The molecule has 1 aromatic carbocycles. The summed E-state index contributed by atoms with van der Waals surface area (Å²) in [6, 6.07) is 8.38. The third-order valence-corrected chi connectivity index (χ3v) is 4.79. The van der Waals surface area contributed by atoms with Crippen LogP contribution in [0.25, 0.3) is 0 Å². The van der Waals surface area contributed by atoms with Crippen LogP contribution in [0, 0.1) is 11.3 Å². The molecule has 0 radical (unpaired) electrons. The Balaban J connectivity index is 2.06. The van der Waals surface area contributed by atoms with Crippen molar-refractivity contribution in [3.8, 4) is 6.07 Å². The normalized spacial score (nSPS) is 12.5. The molecule has 1 aromatic heterocycles. The highest BCUT2D eigenvalue weighted by Gasteiger charge is 2.30. The summed E-state index contributed by atoms with van der Waals surface area (Å²) < 4.78 is 38.0. The van der Waals surface area contributed by atoms with Gasteiger partial charge in [-0.1, -0.05) is 6.07 Å². The van der Waals surface area contributed by atoms with E-state index in [0.29, 0.717) is 15.5 Å². The topological polar surface area (TPSA) is 52.9 Å². The van der Waals surface area contributed by atoms with Gasteiger partial charge in [-0.2, -0.15) is 18.4 Å². The minimum Gasteiger partial charge on any atom is -0.316 e. The highest BCUT2D eigenvalue weighted by molar-refractivity contribution is 8.00. The summed E-state index contributed by atoms with van der Waals surface area (Å²) >= 11 is 2.25. The predicted octanol–water partition coefficient (Wildman–Crippen LogP) is 4.76. The first-order chi connectivity index (χ1) is 10.8. The minimum absolute atomic E-state index is 0.356. The molecule has 1 atom stereocenters. The number of alkyl halides is 3. The molecule has 0 aliphatic heterocycles. The Labute approximate surface area is 139 Å². The smallest absolute Gasteiger partial charge is 0.316 e. The van der Waals surface area contributed by atoms with Crippen molar-refractivity contribution in [3.05, 3.63) is 46.8 Å². The van der Waals surface area contributed by atoms with Gasteiger partial charge in [-0.15, -0.1) is 23.1 Å². The number of benzene rings is 1. The summed E-state index contributed by atoms with van der Waals surface area (Å²) in [5.74, 6) is -0.369. The van der Waals surface area contributed by atoms with Crippen LogP contribution in [0.2, 0.25) is 0 Å². The van der Waals surface area contributed by atoms with Gasteiger partial charge in [0.1, 0.15) is 11.1 Å². The average molecular weight is 356 g/mol. The number of thioether (sulfide) groups is 1. The number of amides is 1. The zero-order valence-corrected chi connectivity index (χ0v) is 13.5. The maximum Gasteiger partial charge on any atom is 0.416 e. The Morgan fingerprint density at radius 2 is 2.13 bits per heavy atom. The van der Waals surface area contributed by atoms with Crippen LogP contribution in [0.4, 0.5) is 18.2 Å². The lowest BCUT2D eigenvalue weighted by Crippen LogP contribution is -2.22. The van der Waals surface area contributed by atoms with Crippen LogP contribution in [-0.2, 0) is 11.0 Å². The predicted molar refractivity (Wildman–Crippen MR) is 84.4 cm³/mol. The maximum absolute atomic E-state index is 12.7. The van der Waals surface area contributed by atoms with Gasteiger partial charge in [0.15, 0.2) is 0 Å². The molecule has 0 aliphatic carbocycles. The van der Waals surface area contributed by atoms with Crippen molar-refractivity contribution in [2.75, 3.05) is 5.32 Å². The fraction of sp³-hybridized carbons (Fsp3) is 0.200. The number of nitrogens with zero attached hydrogens (tertiary/aromatic N) is 1. The molecule has 0 saturated carbocycles. The number of rotatable bonds is 4. The first-order valence-corrected chi connectivity index (χ1v) is 8.19. The van der Waals surface area contributed by atoms with E-state index in [9.17, 15) is 18.0 Å². The zero-order valence-electron chi connectivity index (χ0n) is 11.8. The second-order valence-corrected chi connectivity index (χ2v) is 6.88. The summed E-state index contributed by atoms with van der Waals surface area (Å²) in [4.78, 5) is 12.5. The monoisotopic (exact) mass is 356 g/mol. The quantitative estimate of drug-likeness (QED) is 0.804. The molecular weight excluding hydrogens is 345 g/mol. The van der Waals surface area contributed by atoms with Gasteiger partial charge in [0.05, 0.1) is 16.4 Å². The van der Waals surface area contributed by atoms with E-state index >= 15 is 0 Å². The molecule has 0 fully saturated rings. The van der Waals surface area contributed by atoms with E-state index in [0.717, 1.165) is 23.9 Å². The highest BCUT2D eigenvalue weighted by Crippen LogP contribution is 2.33. The number of anilines is 1. The number of nitrogens with one attached hydrogen (secondary N) is 1. The van der Waals surface area contributed by atoms with Crippen molar-refractivity contribution < 1.29 is 18.0 Å². The summed E-state index contributed by atoms with van der Waals surface area (Å²) in [7, 11) is 0.